The molecule has 158 valence electrons. The number of aliphatic imine (C=N–C) groups is 1. The Balaban J connectivity index is 1.44. The van der Waals surface area contributed by atoms with Crippen LogP contribution in [0.3, 0.4) is 0 Å². The molecule has 0 saturated carbocycles. The maximum absolute atomic E-state index is 9.61. The number of aromatic nitrogens is 2. The molecule has 8 nitrogen and oxygen atoms in total. The van der Waals surface area contributed by atoms with Gasteiger partial charge in [-0.05, 0) is 45.6 Å². The highest BCUT2D eigenvalue weighted by Gasteiger charge is 2.22. The van der Waals surface area contributed by atoms with Gasteiger partial charge in [0.1, 0.15) is 0 Å². The number of rotatable bonds is 7. The van der Waals surface area contributed by atoms with Crippen molar-refractivity contribution in [3.05, 3.63) is 12.4 Å². The van der Waals surface area contributed by atoms with Crippen LogP contribution in [0.15, 0.2) is 17.4 Å². The minimum Gasteiger partial charge on any atom is -0.393 e. The van der Waals surface area contributed by atoms with Crippen molar-refractivity contribution in [3.8, 4) is 0 Å². The molecule has 1 atom stereocenters. The molecule has 28 heavy (non-hydrogen) atoms. The minimum absolute atomic E-state index is 0.0967. The SMILES string of the molecule is CCNC(=NCCCN1CCC(O)CC1)NC1CCCN(c2cnn(C)c2)C1. The molecule has 3 rings (SSSR count). The number of guanidine groups is 1. The van der Waals surface area contributed by atoms with Crippen LogP contribution in [-0.2, 0) is 7.05 Å². The number of aliphatic hydroxyl groups excluding tert-OH is 1. The first-order valence-corrected chi connectivity index (χ1v) is 10.8. The first-order chi connectivity index (χ1) is 13.6. The largest absolute Gasteiger partial charge is 0.393 e. The Bertz CT molecular complexity index is 609. The van der Waals surface area contributed by atoms with Crippen LogP contribution in [0.5, 0.6) is 0 Å². The third-order valence-electron chi connectivity index (χ3n) is 5.62. The van der Waals surface area contributed by atoms with Crippen LogP contribution in [-0.4, -0.2) is 83.7 Å². The van der Waals surface area contributed by atoms with E-state index in [0.29, 0.717) is 6.04 Å². The van der Waals surface area contributed by atoms with Crippen molar-refractivity contribution in [2.24, 2.45) is 12.0 Å². The Morgan fingerprint density at radius 2 is 2.11 bits per heavy atom. The van der Waals surface area contributed by atoms with Crippen LogP contribution < -0.4 is 15.5 Å². The molecule has 2 fully saturated rings. The van der Waals surface area contributed by atoms with Crippen molar-refractivity contribution in [3.63, 3.8) is 0 Å². The summed E-state index contributed by atoms with van der Waals surface area (Å²) in [4.78, 5) is 9.64. The third kappa shape index (κ3) is 6.38. The summed E-state index contributed by atoms with van der Waals surface area (Å²) in [5.74, 6) is 0.926. The summed E-state index contributed by atoms with van der Waals surface area (Å²) in [5, 5.41) is 20.9. The first-order valence-electron chi connectivity index (χ1n) is 10.8. The molecule has 2 aliphatic heterocycles. The highest BCUT2D eigenvalue weighted by molar-refractivity contribution is 5.80. The lowest BCUT2D eigenvalue weighted by Crippen LogP contribution is -2.51. The normalized spacial score (nSPS) is 22.5. The lowest BCUT2D eigenvalue weighted by Gasteiger charge is -2.34. The second-order valence-electron chi connectivity index (χ2n) is 7.99. The number of piperidine rings is 2. The molecule has 0 radical (unpaired) electrons. The van der Waals surface area contributed by atoms with Crippen LogP contribution in [0, 0.1) is 0 Å². The second-order valence-corrected chi connectivity index (χ2v) is 7.99. The molecular formula is C20H37N7O. The van der Waals surface area contributed by atoms with E-state index in [9.17, 15) is 5.11 Å². The number of hydrogen-bond donors (Lipinski definition) is 3. The van der Waals surface area contributed by atoms with Gasteiger partial charge in [-0.1, -0.05) is 0 Å². The molecule has 3 heterocycles. The zero-order chi connectivity index (χ0) is 19.8. The number of nitrogens with zero attached hydrogens (tertiary/aromatic N) is 5. The molecule has 0 aromatic carbocycles. The van der Waals surface area contributed by atoms with Gasteiger partial charge in [-0.15, -0.1) is 0 Å². The molecule has 3 N–H and O–H groups in total. The summed E-state index contributed by atoms with van der Waals surface area (Å²) in [6.07, 6.45) is 9.14. The molecular weight excluding hydrogens is 354 g/mol. The minimum atomic E-state index is -0.0967. The molecule has 0 aliphatic carbocycles. The van der Waals surface area contributed by atoms with Crippen LogP contribution in [0.4, 0.5) is 5.69 Å². The zero-order valence-electron chi connectivity index (χ0n) is 17.5. The summed E-state index contributed by atoms with van der Waals surface area (Å²) in [7, 11) is 1.96. The van der Waals surface area contributed by atoms with Gasteiger partial charge in [0.25, 0.3) is 0 Å². The first kappa shape index (κ1) is 20.9. The highest BCUT2D eigenvalue weighted by Crippen LogP contribution is 2.19. The van der Waals surface area contributed by atoms with Crippen LogP contribution >= 0.6 is 0 Å². The Morgan fingerprint density at radius 1 is 1.29 bits per heavy atom. The molecule has 0 bridgehead atoms. The van der Waals surface area contributed by atoms with Gasteiger partial charge in [-0.2, -0.15) is 5.10 Å². The van der Waals surface area contributed by atoms with Crippen molar-refractivity contribution in [1.29, 1.82) is 0 Å². The fraction of sp³-hybridized carbons (Fsp3) is 0.800. The van der Waals surface area contributed by atoms with Gasteiger partial charge >= 0.3 is 0 Å². The van der Waals surface area contributed by atoms with Crippen LogP contribution in [0.1, 0.15) is 39.0 Å². The number of aliphatic hydroxyl groups is 1. The number of anilines is 1. The molecule has 0 spiro atoms. The Hall–Kier alpha value is -1.80. The Kier molecular flexibility index (Phi) is 7.97. The van der Waals surface area contributed by atoms with E-state index in [1.807, 2.05) is 17.9 Å². The van der Waals surface area contributed by atoms with Crippen molar-refractivity contribution >= 4 is 11.6 Å². The van der Waals surface area contributed by atoms with E-state index < -0.39 is 0 Å². The van der Waals surface area contributed by atoms with E-state index >= 15 is 0 Å². The lowest BCUT2D eigenvalue weighted by atomic mass is 10.1. The molecule has 1 unspecified atom stereocenters. The predicted molar refractivity (Wildman–Crippen MR) is 114 cm³/mol. The quantitative estimate of drug-likeness (QED) is 0.362. The summed E-state index contributed by atoms with van der Waals surface area (Å²) < 4.78 is 1.86. The molecule has 0 amide bonds. The highest BCUT2D eigenvalue weighted by atomic mass is 16.3. The standard InChI is InChI=1S/C20H37N7O/c1-3-21-20(22-9-5-10-26-12-7-19(28)8-13-26)24-17-6-4-11-27(15-17)18-14-23-25(2)16-18/h14,16-17,19,28H,3-13,15H2,1-2H3,(H2,21,22,24). The number of likely N-dealkylation sites (tertiary alicyclic amines) is 1. The summed E-state index contributed by atoms with van der Waals surface area (Å²) >= 11 is 0. The molecule has 8 heteroatoms. The van der Waals surface area contributed by atoms with E-state index in [0.717, 1.165) is 77.5 Å². The summed E-state index contributed by atoms with van der Waals surface area (Å²) in [6.45, 7) is 8.95. The van der Waals surface area contributed by atoms with E-state index in [1.54, 1.807) is 0 Å². The van der Waals surface area contributed by atoms with Gasteiger partial charge in [0.05, 0.1) is 18.0 Å². The Labute approximate surface area is 169 Å². The molecule has 2 aliphatic rings. The smallest absolute Gasteiger partial charge is 0.191 e. The van der Waals surface area contributed by atoms with Crippen LogP contribution in [0.2, 0.25) is 0 Å². The van der Waals surface area contributed by atoms with Gasteiger partial charge in [0, 0.05) is 58.6 Å². The maximum atomic E-state index is 9.61. The molecule has 1 aromatic rings. The average molecular weight is 392 g/mol. The van der Waals surface area contributed by atoms with E-state index in [1.165, 1.54) is 12.1 Å². The van der Waals surface area contributed by atoms with Gasteiger partial charge in [0.15, 0.2) is 5.96 Å². The fourth-order valence-electron chi connectivity index (χ4n) is 4.04. The van der Waals surface area contributed by atoms with Gasteiger partial charge < -0.3 is 25.5 Å². The van der Waals surface area contributed by atoms with Gasteiger partial charge in [0.2, 0.25) is 0 Å². The van der Waals surface area contributed by atoms with E-state index in [-0.39, 0.29) is 6.10 Å². The number of aryl methyl sites for hydroxylation is 1. The van der Waals surface area contributed by atoms with Gasteiger partial charge in [-0.25, -0.2) is 0 Å². The van der Waals surface area contributed by atoms with Gasteiger partial charge in [-0.3, -0.25) is 9.67 Å². The van der Waals surface area contributed by atoms with Crippen molar-refractivity contribution in [2.45, 2.75) is 51.2 Å². The maximum Gasteiger partial charge on any atom is 0.191 e. The second kappa shape index (κ2) is 10.7. The van der Waals surface area contributed by atoms with Crippen molar-refractivity contribution < 1.29 is 5.11 Å². The van der Waals surface area contributed by atoms with Crippen LogP contribution in [0.25, 0.3) is 0 Å². The summed E-state index contributed by atoms with van der Waals surface area (Å²) in [5.41, 5.74) is 1.20. The fourth-order valence-corrected chi connectivity index (χ4v) is 4.04. The van der Waals surface area contributed by atoms with E-state index in [2.05, 4.69) is 38.7 Å². The summed E-state index contributed by atoms with van der Waals surface area (Å²) in [6, 6.07) is 0.398. The zero-order valence-corrected chi connectivity index (χ0v) is 17.5. The predicted octanol–water partition coefficient (Wildman–Crippen LogP) is 0.791. The molecule has 1 aromatic heterocycles. The third-order valence-corrected chi connectivity index (χ3v) is 5.62. The van der Waals surface area contributed by atoms with E-state index in [4.69, 9.17) is 4.99 Å². The number of nitrogens with one attached hydrogen (secondary N) is 2. The number of hydrogen-bond acceptors (Lipinski definition) is 5. The molecule has 2 saturated heterocycles. The Morgan fingerprint density at radius 3 is 2.82 bits per heavy atom. The van der Waals surface area contributed by atoms with Crippen molar-refractivity contribution in [1.82, 2.24) is 25.3 Å². The average Bonchev–Trinajstić information content (AvgIpc) is 3.13. The van der Waals surface area contributed by atoms with Crippen molar-refractivity contribution in [2.75, 3.05) is 50.7 Å². The topological polar surface area (TPSA) is 81.0 Å². The lowest BCUT2D eigenvalue weighted by molar-refractivity contribution is 0.0824. The monoisotopic (exact) mass is 391 g/mol.